The van der Waals surface area contributed by atoms with E-state index in [0.717, 1.165) is 0 Å². The molecule has 13 heavy (non-hydrogen) atoms. The van der Waals surface area contributed by atoms with Crippen molar-refractivity contribution in [1.82, 2.24) is 4.90 Å². The summed E-state index contributed by atoms with van der Waals surface area (Å²) in [5.74, 6) is -1.66. The Labute approximate surface area is 75.3 Å². The normalized spacial score (nSPS) is 19.6. The van der Waals surface area contributed by atoms with Gasteiger partial charge in [-0.15, -0.1) is 0 Å². The van der Waals surface area contributed by atoms with Gasteiger partial charge in [-0.05, 0) is 0 Å². The first-order chi connectivity index (χ1) is 6.13. The summed E-state index contributed by atoms with van der Waals surface area (Å²) in [6.45, 7) is 1.64. The number of carbonyl (C=O) groups is 2. The molecule has 3 N–H and O–H groups in total. The van der Waals surface area contributed by atoms with E-state index >= 15 is 0 Å². The van der Waals surface area contributed by atoms with Gasteiger partial charge < -0.3 is 20.5 Å². The molecule has 1 atom stereocenters. The van der Waals surface area contributed by atoms with Gasteiger partial charge in [-0.25, -0.2) is 0 Å². The summed E-state index contributed by atoms with van der Waals surface area (Å²) < 4.78 is 5.00. The van der Waals surface area contributed by atoms with Crippen LogP contribution in [0.15, 0.2) is 0 Å². The number of primary amides is 1. The first kappa shape index (κ1) is 9.94. The Morgan fingerprint density at radius 2 is 1.92 bits per heavy atom. The lowest BCUT2D eigenvalue weighted by atomic mass is 10.2. The number of nitrogens with two attached hydrogens (primary N) is 1. The lowest BCUT2D eigenvalue weighted by Gasteiger charge is -2.27. The summed E-state index contributed by atoms with van der Waals surface area (Å²) in [5, 5.41) is 9.04. The Balaban J connectivity index is 2.50. The molecule has 0 radical (unpaired) electrons. The van der Waals surface area contributed by atoms with Gasteiger partial charge in [-0.2, -0.15) is 0 Å². The zero-order valence-corrected chi connectivity index (χ0v) is 7.10. The number of morpholine rings is 1. The van der Waals surface area contributed by atoms with Gasteiger partial charge in [-0.3, -0.25) is 9.59 Å². The van der Waals surface area contributed by atoms with Crippen LogP contribution in [-0.4, -0.2) is 54.2 Å². The van der Waals surface area contributed by atoms with E-state index in [1.54, 1.807) is 0 Å². The maximum Gasteiger partial charge on any atom is 0.261 e. The van der Waals surface area contributed by atoms with E-state index in [1.807, 2.05) is 0 Å². The van der Waals surface area contributed by atoms with Gasteiger partial charge in [0.1, 0.15) is 0 Å². The maximum atomic E-state index is 11.3. The predicted molar refractivity (Wildman–Crippen MR) is 42.6 cm³/mol. The number of ether oxygens (including phenoxy) is 1. The molecule has 1 heterocycles. The quantitative estimate of drug-likeness (QED) is 0.476. The Bertz CT molecular complexity index is 213. The van der Waals surface area contributed by atoms with Crippen molar-refractivity contribution in [3.63, 3.8) is 0 Å². The first-order valence-corrected chi connectivity index (χ1v) is 3.97. The van der Waals surface area contributed by atoms with Crippen molar-refractivity contribution < 1.29 is 19.4 Å². The van der Waals surface area contributed by atoms with Gasteiger partial charge >= 0.3 is 0 Å². The SMILES string of the molecule is NC(=O)[C@H](O)C(=O)N1CCOCC1. The molecule has 0 aromatic rings. The Morgan fingerprint density at radius 1 is 1.38 bits per heavy atom. The summed E-state index contributed by atoms with van der Waals surface area (Å²) in [5.41, 5.74) is 4.78. The fourth-order valence-electron chi connectivity index (χ4n) is 1.08. The van der Waals surface area contributed by atoms with Crippen LogP contribution in [0.2, 0.25) is 0 Å². The van der Waals surface area contributed by atoms with Crippen molar-refractivity contribution in [2.75, 3.05) is 26.3 Å². The highest BCUT2D eigenvalue weighted by molar-refractivity contribution is 6.02. The van der Waals surface area contributed by atoms with Crippen molar-refractivity contribution in [3.8, 4) is 0 Å². The van der Waals surface area contributed by atoms with E-state index in [-0.39, 0.29) is 0 Å². The fraction of sp³-hybridized carbons (Fsp3) is 0.714. The molecule has 2 amide bonds. The van der Waals surface area contributed by atoms with Crippen molar-refractivity contribution in [3.05, 3.63) is 0 Å². The number of carbonyl (C=O) groups excluding carboxylic acids is 2. The van der Waals surface area contributed by atoms with E-state index in [2.05, 4.69) is 0 Å². The van der Waals surface area contributed by atoms with Crippen LogP contribution in [0.1, 0.15) is 0 Å². The molecule has 0 saturated carbocycles. The fourth-order valence-corrected chi connectivity index (χ4v) is 1.08. The summed E-state index contributed by atoms with van der Waals surface area (Å²) in [6, 6.07) is 0. The van der Waals surface area contributed by atoms with E-state index in [0.29, 0.717) is 26.3 Å². The highest BCUT2D eigenvalue weighted by Gasteiger charge is 2.27. The molecule has 0 aromatic carbocycles. The van der Waals surface area contributed by atoms with Gasteiger partial charge in [0.05, 0.1) is 13.2 Å². The zero-order chi connectivity index (χ0) is 9.84. The molecule has 0 aliphatic carbocycles. The van der Waals surface area contributed by atoms with E-state index in [1.165, 1.54) is 4.90 Å². The van der Waals surface area contributed by atoms with Gasteiger partial charge in [0.2, 0.25) is 6.10 Å². The number of aliphatic hydroxyl groups excluding tert-OH is 1. The first-order valence-electron chi connectivity index (χ1n) is 3.97. The zero-order valence-electron chi connectivity index (χ0n) is 7.10. The number of nitrogens with zero attached hydrogens (tertiary/aromatic N) is 1. The lowest BCUT2D eigenvalue weighted by Crippen LogP contribution is -2.49. The Hall–Kier alpha value is -1.14. The number of rotatable bonds is 2. The molecule has 0 spiro atoms. The number of hydrogen-bond acceptors (Lipinski definition) is 4. The number of amides is 2. The maximum absolute atomic E-state index is 11.3. The molecule has 74 valence electrons. The van der Waals surface area contributed by atoms with Crippen molar-refractivity contribution in [2.45, 2.75) is 6.10 Å². The molecule has 1 saturated heterocycles. The van der Waals surface area contributed by atoms with E-state index in [4.69, 9.17) is 15.6 Å². The molecular formula is C7H12N2O4. The average molecular weight is 188 g/mol. The van der Waals surface area contributed by atoms with Crippen LogP contribution in [0, 0.1) is 0 Å². The third kappa shape index (κ3) is 2.40. The minimum Gasteiger partial charge on any atom is -0.378 e. The summed E-state index contributed by atoms with van der Waals surface area (Å²) in [6.07, 6.45) is -1.72. The highest BCUT2D eigenvalue weighted by atomic mass is 16.5. The second-order valence-corrected chi connectivity index (χ2v) is 2.74. The highest BCUT2D eigenvalue weighted by Crippen LogP contribution is 2.00. The Kier molecular flexibility index (Phi) is 3.21. The molecule has 6 nitrogen and oxygen atoms in total. The third-order valence-electron chi connectivity index (χ3n) is 1.83. The molecule has 1 fully saturated rings. The monoisotopic (exact) mass is 188 g/mol. The lowest BCUT2D eigenvalue weighted by molar-refractivity contribution is -0.149. The van der Waals surface area contributed by atoms with Gasteiger partial charge in [0.25, 0.3) is 11.8 Å². The summed E-state index contributed by atoms with van der Waals surface area (Å²) in [4.78, 5) is 23.1. The number of aliphatic hydroxyl groups is 1. The molecule has 0 bridgehead atoms. The van der Waals surface area contributed by atoms with Gasteiger partial charge in [0, 0.05) is 13.1 Å². The predicted octanol–water partition coefficient (Wildman–Crippen LogP) is -2.31. The van der Waals surface area contributed by atoms with E-state index < -0.39 is 17.9 Å². The largest absolute Gasteiger partial charge is 0.378 e. The average Bonchev–Trinajstić information content (AvgIpc) is 2.17. The van der Waals surface area contributed by atoms with Crippen LogP contribution < -0.4 is 5.73 Å². The van der Waals surface area contributed by atoms with Crippen LogP contribution in [-0.2, 0) is 14.3 Å². The molecule has 1 aliphatic heterocycles. The molecule has 0 aromatic heterocycles. The number of hydrogen-bond donors (Lipinski definition) is 2. The standard InChI is InChI=1S/C7H12N2O4/c8-6(11)5(10)7(12)9-1-3-13-4-2-9/h5,10H,1-4H2,(H2,8,11)/t5-/m0/s1. The molecule has 6 heteroatoms. The smallest absolute Gasteiger partial charge is 0.261 e. The molecule has 0 unspecified atom stereocenters. The second kappa shape index (κ2) is 4.20. The summed E-state index contributed by atoms with van der Waals surface area (Å²) >= 11 is 0. The van der Waals surface area contributed by atoms with E-state index in [9.17, 15) is 9.59 Å². The van der Waals surface area contributed by atoms with Crippen LogP contribution in [0.25, 0.3) is 0 Å². The summed E-state index contributed by atoms with van der Waals surface area (Å²) in [7, 11) is 0. The van der Waals surface area contributed by atoms with Crippen molar-refractivity contribution >= 4 is 11.8 Å². The molecule has 1 aliphatic rings. The van der Waals surface area contributed by atoms with Crippen LogP contribution >= 0.6 is 0 Å². The van der Waals surface area contributed by atoms with Crippen molar-refractivity contribution in [1.29, 1.82) is 0 Å². The minimum absolute atomic E-state index is 0.392. The van der Waals surface area contributed by atoms with Crippen LogP contribution in [0.3, 0.4) is 0 Å². The Morgan fingerprint density at radius 3 is 2.38 bits per heavy atom. The van der Waals surface area contributed by atoms with Crippen LogP contribution in [0.5, 0.6) is 0 Å². The van der Waals surface area contributed by atoms with Gasteiger partial charge in [0.15, 0.2) is 0 Å². The molecular weight excluding hydrogens is 176 g/mol. The van der Waals surface area contributed by atoms with Crippen LogP contribution in [0.4, 0.5) is 0 Å². The molecule has 1 rings (SSSR count). The minimum atomic E-state index is -1.72. The van der Waals surface area contributed by atoms with Crippen molar-refractivity contribution in [2.24, 2.45) is 5.73 Å². The topological polar surface area (TPSA) is 92.9 Å². The van der Waals surface area contributed by atoms with Gasteiger partial charge in [-0.1, -0.05) is 0 Å². The second-order valence-electron chi connectivity index (χ2n) is 2.74. The third-order valence-corrected chi connectivity index (χ3v) is 1.83.